The molecule has 0 aromatic heterocycles. The molecule has 0 heterocycles. The number of aromatic hydroxyl groups is 1. The van der Waals surface area contributed by atoms with E-state index in [1.807, 2.05) is 6.92 Å². The number of carbonyl (C=O) groups excluding carboxylic acids is 2. The molecule has 2 aliphatic carbocycles. The standard InChI is InChI=1S/C23H28O7/c1-7-10-22-12-18(28-5)20(30-14(3)24)23(29-6,21(22)26)19(13(22)2)15-8-9-16(25)17(11-15)27-4/h7-9,11-13,19-20,25H,1,10H2,2-6H3/t13-,19+,20+,22+,23-/m0/s1. The van der Waals surface area contributed by atoms with Crippen molar-refractivity contribution in [1.29, 1.82) is 0 Å². The van der Waals surface area contributed by atoms with E-state index in [0.29, 0.717) is 12.2 Å². The van der Waals surface area contributed by atoms with E-state index in [0.717, 1.165) is 5.56 Å². The van der Waals surface area contributed by atoms with Crippen LogP contribution < -0.4 is 4.74 Å². The van der Waals surface area contributed by atoms with Gasteiger partial charge in [-0.3, -0.25) is 9.59 Å². The van der Waals surface area contributed by atoms with Crippen molar-refractivity contribution in [2.75, 3.05) is 21.3 Å². The lowest BCUT2D eigenvalue weighted by Gasteiger charge is -2.42. The van der Waals surface area contributed by atoms with Crippen molar-refractivity contribution < 1.29 is 33.6 Å². The molecule has 1 aromatic rings. The quantitative estimate of drug-likeness (QED) is 0.539. The number of phenolic OH excluding ortho intramolecular Hbond substituents is 1. The predicted octanol–water partition coefficient (Wildman–Crippen LogP) is 3.13. The number of ketones is 1. The highest BCUT2D eigenvalue weighted by atomic mass is 16.6. The normalized spacial score (nSPS) is 32.4. The minimum atomic E-state index is -1.50. The number of hydrogen-bond acceptors (Lipinski definition) is 7. The fraction of sp³-hybridized carbons (Fsp3) is 0.478. The van der Waals surface area contributed by atoms with Crippen molar-refractivity contribution in [2.45, 2.75) is 37.9 Å². The van der Waals surface area contributed by atoms with Gasteiger partial charge < -0.3 is 24.1 Å². The van der Waals surface area contributed by atoms with Crippen LogP contribution in [0.15, 0.2) is 42.7 Å². The van der Waals surface area contributed by atoms with Gasteiger partial charge >= 0.3 is 5.97 Å². The first kappa shape index (κ1) is 21.9. The third-order valence-corrected chi connectivity index (χ3v) is 6.50. The molecule has 2 bridgehead atoms. The van der Waals surface area contributed by atoms with E-state index in [2.05, 4.69) is 6.58 Å². The molecule has 2 aliphatic rings. The van der Waals surface area contributed by atoms with Crippen LogP contribution >= 0.6 is 0 Å². The lowest BCUT2D eigenvalue weighted by Crippen LogP contribution is -2.58. The summed E-state index contributed by atoms with van der Waals surface area (Å²) in [6.45, 7) is 7.08. The summed E-state index contributed by atoms with van der Waals surface area (Å²) in [5.41, 5.74) is -1.72. The van der Waals surface area contributed by atoms with Crippen LogP contribution in [0, 0.1) is 11.3 Å². The number of phenols is 1. The van der Waals surface area contributed by atoms with Gasteiger partial charge in [-0.05, 0) is 36.1 Å². The summed E-state index contributed by atoms with van der Waals surface area (Å²) in [6, 6.07) is 4.93. The molecule has 0 saturated heterocycles. The Bertz CT molecular complexity index is 905. The third-order valence-electron chi connectivity index (χ3n) is 6.50. The molecule has 0 radical (unpaired) electrons. The number of Topliss-reactive ketones (excluding diaryl/α,β-unsaturated/α-hetero) is 1. The Morgan fingerprint density at radius 3 is 2.50 bits per heavy atom. The van der Waals surface area contributed by atoms with E-state index in [4.69, 9.17) is 18.9 Å². The van der Waals surface area contributed by atoms with Crippen LogP contribution in [0.3, 0.4) is 0 Å². The van der Waals surface area contributed by atoms with Gasteiger partial charge in [-0.2, -0.15) is 0 Å². The van der Waals surface area contributed by atoms with Crippen LogP contribution in [0.25, 0.3) is 0 Å². The van der Waals surface area contributed by atoms with E-state index in [1.165, 1.54) is 34.3 Å². The van der Waals surface area contributed by atoms with Crippen LogP contribution in [0.2, 0.25) is 0 Å². The summed E-state index contributed by atoms with van der Waals surface area (Å²) in [5, 5.41) is 10.1. The van der Waals surface area contributed by atoms with Gasteiger partial charge in [0.15, 0.2) is 29.0 Å². The minimum Gasteiger partial charge on any atom is -0.504 e. The van der Waals surface area contributed by atoms with E-state index in [-0.39, 0.29) is 23.2 Å². The number of carbonyl (C=O) groups is 2. The van der Waals surface area contributed by atoms with Crippen molar-refractivity contribution >= 4 is 11.8 Å². The molecule has 0 spiro atoms. The third kappa shape index (κ3) is 2.83. The zero-order chi connectivity index (χ0) is 22.3. The smallest absolute Gasteiger partial charge is 0.303 e. The second-order valence-electron chi connectivity index (χ2n) is 7.80. The Hall–Kier alpha value is -2.80. The highest BCUT2D eigenvalue weighted by molar-refractivity contribution is 6.01. The lowest BCUT2D eigenvalue weighted by atomic mass is 9.70. The molecule has 5 atom stereocenters. The zero-order valence-electron chi connectivity index (χ0n) is 17.9. The fourth-order valence-electron chi connectivity index (χ4n) is 5.21. The van der Waals surface area contributed by atoms with Crippen molar-refractivity contribution in [3.8, 4) is 11.5 Å². The first-order chi connectivity index (χ1) is 14.2. The van der Waals surface area contributed by atoms with Gasteiger partial charge in [0.25, 0.3) is 0 Å². The summed E-state index contributed by atoms with van der Waals surface area (Å²) in [7, 11) is 4.37. The van der Waals surface area contributed by atoms with E-state index < -0.39 is 29.0 Å². The predicted molar refractivity (Wildman–Crippen MR) is 109 cm³/mol. The average molecular weight is 416 g/mol. The van der Waals surface area contributed by atoms with Crippen LogP contribution in [0.4, 0.5) is 0 Å². The van der Waals surface area contributed by atoms with E-state index in [1.54, 1.807) is 24.3 Å². The molecule has 1 saturated carbocycles. The van der Waals surface area contributed by atoms with Crippen LogP contribution in [-0.4, -0.2) is 49.9 Å². The highest BCUT2D eigenvalue weighted by Gasteiger charge is 2.73. The molecule has 0 aliphatic heterocycles. The number of hydrogen-bond donors (Lipinski definition) is 1. The Kier molecular flexibility index (Phi) is 5.69. The van der Waals surface area contributed by atoms with Gasteiger partial charge in [0.1, 0.15) is 5.76 Å². The molecule has 162 valence electrons. The molecular formula is C23H28O7. The van der Waals surface area contributed by atoms with Gasteiger partial charge in [0, 0.05) is 20.0 Å². The summed E-state index contributed by atoms with van der Waals surface area (Å²) in [6.07, 6.45) is 2.78. The molecule has 0 unspecified atom stereocenters. The molecule has 30 heavy (non-hydrogen) atoms. The Morgan fingerprint density at radius 1 is 1.27 bits per heavy atom. The number of esters is 1. The maximum atomic E-state index is 14.0. The molecule has 7 heteroatoms. The SMILES string of the molecule is C=CC[C@]12C=C(OC)[C@@H](OC(C)=O)[C@](OC)(C1=O)[C@@H](c1ccc(O)c(OC)c1)[C@@H]2C. The van der Waals surface area contributed by atoms with Crippen molar-refractivity contribution in [3.63, 3.8) is 0 Å². The fourth-order valence-corrected chi connectivity index (χ4v) is 5.21. The number of allylic oxidation sites excluding steroid dienone is 2. The molecular weight excluding hydrogens is 388 g/mol. The number of rotatable bonds is 7. The number of fused-ring (bicyclic) bond motifs is 2. The molecule has 1 fully saturated rings. The summed E-state index contributed by atoms with van der Waals surface area (Å²) >= 11 is 0. The second kappa shape index (κ2) is 7.80. The molecule has 0 amide bonds. The largest absolute Gasteiger partial charge is 0.504 e. The van der Waals surface area contributed by atoms with Crippen molar-refractivity contribution in [2.24, 2.45) is 11.3 Å². The maximum absolute atomic E-state index is 14.0. The van der Waals surface area contributed by atoms with Crippen LogP contribution in [0.5, 0.6) is 11.5 Å². The monoisotopic (exact) mass is 416 g/mol. The molecule has 3 rings (SSSR count). The van der Waals surface area contributed by atoms with Gasteiger partial charge in [-0.1, -0.05) is 19.1 Å². The Morgan fingerprint density at radius 2 is 1.97 bits per heavy atom. The first-order valence-corrected chi connectivity index (χ1v) is 9.75. The number of methoxy groups -OCH3 is 3. The summed E-state index contributed by atoms with van der Waals surface area (Å²) in [4.78, 5) is 25.9. The van der Waals surface area contributed by atoms with Gasteiger partial charge in [-0.15, -0.1) is 6.58 Å². The number of ether oxygens (including phenoxy) is 4. The van der Waals surface area contributed by atoms with Crippen LogP contribution in [0.1, 0.15) is 31.7 Å². The van der Waals surface area contributed by atoms with E-state index >= 15 is 0 Å². The zero-order valence-corrected chi connectivity index (χ0v) is 17.9. The maximum Gasteiger partial charge on any atom is 0.303 e. The molecule has 1 N–H and O–H groups in total. The van der Waals surface area contributed by atoms with Gasteiger partial charge in [0.2, 0.25) is 0 Å². The minimum absolute atomic E-state index is 0.0132. The molecule has 7 nitrogen and oxygen atoms in total. The Labute approximate surface area is 176 Å². The second-order valence-corrected chi connectivity index (χ2v) is 7.80. The van der Waals surface area contributed by atoms with Crippen LogP contribution in [-0.2, 0) is 23.8 Å². The van der Waals surface area contributed by atoms with Gasteiger partial charge in [0.05, 0.1) is 19.6 Å². The van der Waals surface area contributed by atoms with Crippen molar-refractivity contribution in [3.05, 3.63) is 48.3 Å². The van der Waals surface area contributed by atoms with E-state index in [9.17, 15) is 14.7 Å². The summed E-state index contributed by atoms with van der Waals surface area (Å²) < 4.78 is 22.4. The number of benzene rings is 1. The van der Waals surface area contributed by atoms with Crippen molar-refractivity contribution in [1.82, 2.24) is 0 Å². The van der Waals surface area contributed by atoms with Gasteiger partial charge in [-0.25, -0.2) is 0 Å². The molecule has 1 aromatic carbocycles. The summed E-state index contributed by atoms with van der Waals surface area (Å²) in [5.74, 6) is -0.851. The topological polar surface area (TPSA) is 91.3 Å². The Balaban J connectivity index is 2.32. The highest BCUT2D eigenvalue weighted by Crippen LogP contribution is 2.63. The lowest BCUT2D eigenvalue weighted by molar-refractivity contribution is -0.177. The first-order valence-electron chi connectivity index (χ1n) is 9.75. The average Bonchev–Trinajstić information content (AvgIpc) is 2.84.